The van der Waals surface area contributed by atoms with Crippen LogP contribution in [0.2, 0.25) is 0 Å². The van der Waals surface area contributed by atoms with Crippen LogP contribution in [0, 0.1) is 17.8 Å². The minimum Gasteiger partial charge on any atom is -0.364 e. The highest BCUT2D eigenvalue weighted by Gasteiger charge is 2.31. The molecule has 0 spiro atoms. The van der Waals surface area contributed by atoms with Gasteiger partial charge in [-0.15, -0.1) is 0 Å². The van der Waals surface area contributed by atoms with Crippen molar-refractivity contribution >= 4 is 5.78 Å². The van der Waals surface area contributed by atoms with E-state index in [1.54, 1.807) is 0 Å². The van der Waals surface area contributed by atoms with Gasteiger partial charge in [-0.3, -0.25) is 4.79 Å². The van der Waals surface area contributed by atoms with E-state index in [-0.39, 0.29) is 11.7 Å². The van der Waals surface area contributed by atoms with Gasteiger partial charge in [0.1, 0.15) is 13.2 Å². The van der Waals surface area contributed by atoms with Gasteiger partial charge in [-0.2, -0.15) is 13.2 Å². The van der Waals surface area contributed by atoms with Gasteiger partial charge in [0.25, 0.3) is 0 Å². The van der Waals surface area contributed by atoms with Crippen molar-refractivity contribution in [1.82, 2.24) is 0 Å². The molecule has 0 aromatic carbocycles. The Labute approximate surface area is 99.5 Å². The van der Waals surface area contributed by atoms with Crippen LogP contribution in [-0.2, 0) is 9.53 Å². The van der Waals surface area contributed by atoms with Crippen molar-refractivity contribution < 1.29 is 22.7 Å². The predicted molar refractivity (Wildman–Crippen MR) is 57.6 cm³/mol. The first-order valence-electron chi connectivity index (χ1n) is 5.97. The van der Waals surface area contributed by atoms with Crippen molar-refractivity contribution in [3.8, 4) is 0 Å². The lowest BCUT2D eigenvalue weighted by atomic mass is 9.74. The molecule has 0 radical (unpaired) electrons. The maximum atomic E-state index is 11.8. The van der Waals surface area contributed by atoms with E-state index in [1.165, 1.54) is 0 Å². The minimum absolute atomic E-state index is 0.116. The van der Waals surface area contributed by atoms with Crippen LogP contribution in [0.4, 0.5) is 13.2 Å². The Balaban J connectivity index is 2.29. The third kappa shape index (κ3) is 5.06. The maximum Gasteiger partial charge on any atom is 0.411 e. The molecule has 1 aliphatic carbocycles. The van der Waals surface area contributed by atoms with Crippen LogP contribution in [-0.4, -0.2) is 25.2 Å². The van der Waals surface area contributed by atoms with Crippen LogP contribution in [0.5, 0.6) is 0 Å². The fourth-order valence-electron chi connectivity index (χ4n) is 2.23. The summed E-state index contributed by atoms with van der Waals surface area (Å²) in [6.07, 6.45) is -1.83. The summed E-state index contributed by atoms with van der Waals surface area (Å²) in [5.41, 5.74) is 0. The second kappa shape index (κ2) is 5.85. The molecule has 17 heavy (non-hydrogen) atoms. The van der Waals surface area contributed by atoms with Gasteiger partial charge in [-0.05, 0) is 31.1 Å². The average Bonchev–Trinajstić information content (AvgIpc) is 2.20. The van der Waals surface area contributed by atoms with Gasteiger partial charge in [0.05, 0.1) is 0 Å². The van der Waals surface area contributed by atoms with Gasteiger partial charge < -0.3 is 4.74 Å². The number of carbonyl (C=O) groups is 1. The van der Waals surface area contributed by atoms with Crippen LogP contribution in [0.15, 0.2) is 0 Å². The summed E-state index contributed by atoms with van der Waals surface area (Å²) in [5.74, 6) is 0.748. The van der Waals surface area contributed by atoms with Gasteiger partial charge in [0.15, 0.2) is 5.78 Å². The number of halogens is 3. The molecule has 1 fully saturated rings. The molecular weight excluding hydrogens is 233 g/mol. The number of ketones is 1. The molecule has 1 rings (SSSR count). The zero-order chi connectivity index (χ0) is 13.1. The molecule has 0 heterocycles. The normalized spacial score (nSPS) is 30.3. The Hall–Kier alpha value is -0.580. The van der Waals surface area contributed by atoms with E-state index in [1.807, 2.05) is 0 Å². The fraction of sp³-hybridized carbons (Fsp3) is 0.917. The van der Waals surface area contributed by atoms with Crippen LogP contribution in [0.25, 0.3) is 0 Å². The number of Topliss-reactive ketones (excluding diaryl/α,β-unsaturated/α-hetero) is 1. The Kier molecular flexibility index (Phi) is 4.98. The quantitative estimate of drug-likeness (QED) is 0.768. The number of ether oxygens (including phenoxy) is 1. The highest BCUT2D eigenvalue weighted by atomic mass is 19.4. The summed E-state index contributed by atoms with van der Waals surface area (Å²) in [6, 6.07) is 0. The molecule has 0 bridgehead atoms. The summed E-state index contributed by atoms with van der Waals surface area (Å²) < 4.78 is 39.9. The summed E-state index contributed by atoms with van der Waals surface area (Å²) in [6.45, 7) is 2.48. The third-order valence-electron chi connectivity index (χ3n) is 3.56. The van der Waals surface area contributed by atoms with Gasteiger partial charge in [0.2, 0.25) is 0 Å². The lowest BCUT2D eigenvalue weighted by molar-refractivity contribution is -0.176. The minimum atomic E-state index is -4.35. The number of rotatable bonds is 4. The Morgan fingerprint density at radius 3 is 2.41 bits per heavy atom. The summed E-state index contributed by atoms with van der Waals surface area (Å²) in [7, 11) is 0. The van der Waals surface area contributed by atoms with Gasteiger partial charge in [-0.25, -0.2) is 0 Å². The molecule has 3 atom stereocenters. The van der Waals surface area contributed by atoms with Gasteiger partial charge in [-0.1, -0.05) is 13.8 Å². The average molecular weight is 252 g/mol. The molecule has 0 aliphatic heterocycles. The van der Waals surface area contributed by atoms with Crippen molar-refractivity contribution in [3.63, 3.8) is 0 Å². The maximum absolute atomic E-state index is 11.8. The van der Waals surface area contributed by atoms with Crippen molar-refractivity contribution in [3.05, 3.63) is 0 Å². The lowest BCUT2D eigenvalue weighted by Crippen LogP contribution is -2.30. The van der Waals surface area contributed by atoms with Crippen LogP contribution < -0.4 is 0 Å². The number of hydrogen-bond donors (Lipinski definition) is 0. The second-order valence-corrected chi connectivity index (χ2v) is 5.04. The molecule has 5 heteroatoms. The van der Waals surface area contributed by atoms with Crippen molar-refractivity contribution in [2.45, 2.75) is 39.3 Å². The van der Waals surface area contributed by atoms with E-state index in [2.05, 4.69) is 18.6 Å². The molecule has 1 saturated carbocycles. The predicted octanol–water partition coefficient (Wildman–Crippen LogP) is 3.21. The first-order chi connectivity index (χ1) is 7.79. The highest BCUT2D eigenvalue weighted by molar-refractivity contribution is 5.82. The van der Waals surface area contributed by atoms with E-state index >= 15 is 0 Å². The van der Waals surface area contributed by atoms with E-state index < -0.39 is 19.4 Å². The highest BCUT2D eigenvalue weighted by Crippen LogP contribution is 2.33. The Bertz CT molecular complexity index is 263. The zero-order valence-electron chi connectivity index (χ0n) is 10.2. The number of carbonyl (C=O) groups excluding carboxylic acids is 1. The molecule has 100 valence electrons. The SMILES string of the molecule is CC1CCC(C(=O)COCC(F)(F)F)CC1C. The molecular formula is C12H19F3O2. The summed E-state index contributed by atoms with van der Waals surface area (Å²) in [5, 5.41) is 0. The smallest absolute Gasteiger partial charge is 0.364 e. The molecule has 0 aromatic heterocycles. The molecule has 1 aliphatic rings. The Morgan fingerprint density at radius 1 is 1.24 bits per heavy atom. The van der Waals surface area contributed by atoms with Crippen molar-refractivity contribution in [1.29, 1.82) is 0 Å². The first-order valence-corrected chi connectivity index (χ1v) is 5.97. The van der Waals surface area contributed by atoms with E-state index in [0.29, 0.717) is 11.8 Å². The monoisotopic (exact) mass is 252 g/mol. The van der Waals surface area contributed by atoms with Gasteiger partial charge in [0, 0.05) is 5.92 Å². The number of alkyl halides is 3. The zero-order valence-corrected chi connectivity index (χ0v) is 10.2. The first kappa shape index (κ1) is 14.5. The third-order valence-corrected chi connectivity index (χ3v) is 3.56. The van der Waals surface area contributed by atoms with E-state index in [4.69, 9.17) is 0 Å². The van der Waals surface area contributed by atoms with Crippen LogP contribution in [0.3, 0.4) is 0 Å². The fourth-order valence-corrected chi connectivity index (χ4v) is 2.23. The molecule has 0 N–H and O–H groups in total. The lowest BCUT2D eigenvalue weighted by Gasteiger charge is -2.31. The van der Waals surface area contributed by atoms with Crippen molar-refractivity contribution in [2.24, 2.45) is 17.8 Å². The van der Waals surface area contributed by atoms with Crippen LogP contribution >= 0.6 is 0 Å². The molecule has 3 unspecified atom stereocenters. The van der Waals surface area contributed by atoms with Crippen LogP contribution in [0.1, 0.15) is 33.1 Å². The van der Waals surface area contributed by atoms with E-state index in [9.17, 15) is 18.0 Å². The topological polar surface area (TPSA) is 26.3 Å². The second-order valence-electron chi connectivity index (χ2n) is 5.04. The largest absolute Gasteiger partial charge is 0.411 e. The molecule has 2 nitrogen and oxygen atoms in total. The summed E-state index contributed by atoms with van der Waals surface area (Å²) >= 11 is 0. The molecule has 0 aromatic rings. The number of hydrogen-bond acceptors (Lipinski definition) is 2. The Morgan fingerprint density at radius 2 is 1.88 bits per heavy atom. The van der Waals surface area contributed by atoms with Gasteiger partial charge >= 0.3 is 6.18 Å². The van der Waals surface area contributed by atoms with Crippen molar-refractivity contribution in [2.75, 3.05) is 13.2 Å². The standard InChI is InChI=1S/C12H19F3O2/c1-8-3-4-10(5-9(8)2)11(16)6-17-7-12(13,14)15/h8-10H,3-7H2,1-2H3. The van der Waals surface area contributed by atoms with E-state index in [0.717, 1.165) is 19.3 Å². The molecule has 0 saturated heterocycles. The summed E-state index contributed by atoms with van der Waals surface area (Å²) in [4.78, 5) is 11.6. The molecule has 0 amide bonds.